The Morgan fingerprint density at radius 3 is 2.61 bits per heavy atom. The molecule has 1 atom stereocenters. The molecular weight excluding hydrogens is 246 g/mol. The van der Waals surface area contributed by atoms with E-state index in [2.05, 4.69) is 41.6 Å². The number of nitrogens with zero attached hydrogens (tertiary/aromatic N) is 1. The lowest BCUT2D eigenvalue weighted by atomic mass is 9.99. The number of hydrazine groups is 1. The first-order chi connectivity index (χ1) is 8.70. The monoisotopic (exact) mass is 261 g/mol. The fourth-order valence-electron chi connectivity index (χ4n) is 1.89. The van der Waals surface area contributed by atoms with Crippen LogP contribution in [0.3, 0.4) is 0 Å². The molecule has 0 fully saturated rings. The largest absolute Gasteiger partial charge is 0.271 e. The third-order valence-electron chi connectivity index (χ3n) is 2.94. The average molecular weight is 262 g/mol. The molecule has 18 heavy (non-hydrogen) atoms. The molecule has 0 aliphatic carbocycles. The van der Waals surface area contributed by atoms with Crippen LogP contribution < -0.4 is 11.3 Å². The highest BCUT2D eigenvalue weighted by atomic mass is 35.5. The van der Waals surface area contributed by atoms with Gasteiger partial charge < -0.3 is 0 Å². The van der Waals surface area contributed by atoms with Crippen LogP contribution in [0.25, 0.3) is 0 Å². The van der Waals surface area contributed by atoms with Gasteiger partial charge in [0, 0.05) is 12.4 Å². The van der Waals surface area contributed by atoms with Crippen molar-refractivity contribution in [3.8, 4) is 0 Å². The van der Waals surface area contributed by atoms with Gasteiger partial charge in [0.2, 0.25) is 0 Å². The highest BCUT2D eigenvalue weighted by Crippen LogP contribution is 2.24. The number of halogens is 1. The predicted molar refractivity (Wildman–Crippen MR) is 74.2 cm³/mol. The Morgan fingerprint density at radius 2 is 2.00 bits per heavy atom. The van der Waals surface area contributed by atoms with Crippen molar-refractivity contribution >= 4 is 11.6 Å². The second-order valence-corrected chi connectivity index (χ2v) is 4.71. The highest BCUT2D eigenvalue weighted by molar-refractivity contribution is 6.31. The molecule has 0 spiro atoms. The van der Waals surface area contributed by atoms with Gasteiger partial charge in [-0.15, -0.1) is 0 Å². The van der Waals surface area contributed by atoms with Gasteiger partial charge in [-0.1, -0.05) is 41.4 Å². The third kappa shape index (κ3) is 3.07. The number of aryl methyl sites for hydroxylation is 1. The van der Waals surface area contributed by atoms with E-state index in [1.54, 1.807) is 12.4 Å². The van der Waals surface area contributed by atoms with Crippen molar-refractivity contribution in [1.29, 1.82) is 0 Å². The second kappa shape index (κ2) is 5.96. The standard InChI is InChI=1S/C14H16ClN3/c1-10-2-4-11(5-3-10)8-14(18-16)12-6-7-17-9-13(12)15/h2-7,9,14,18H,8,16H2,1H3. The summed E-state index contributed by atoms with van der Waals surface area (Å²) in [5.74, 6) is 5.62. The van der Waals surface area contributed by atoms with Crippen molar-refractivity contribution in [2.45, 2.75) is 19.4 Å². The van der Waals surface area contributed by atoms with Crippen molar-refractivity contribution in [2.24, 2.45) is 5.84 Å². The van der Waals surface area contributed by atoms with Crippen LogP contribution in [0.15, 0.2) is 42.7 Å². The van der Waals surface area contributed by atoms with E-state index in [1.165, 1.54) is 11.1 Å². The molecule has 0 amide bonds. The SMILES string of the molecule is Cc1ccc(CC(NN)c2ccncc2Cl)cc1. The van der Waals surface area contributed by atoms with Crippen LogP contribution in [0.1, 0.15) is 22.7 Å². The molecule has 1 aromatic heterocycles. The zero-order valence-corrected chi connectivity index (χ0v) is 11.0. The van der Waals surface area contributed by atoms with Gasteiger partial charge in [0.1, 0.15) is 0 Å². The summed E-state index contributed by atoms with van der Waals surface area (Å²) >= 11 is 6.13. The van der Waals surface area contributed by atoms with E-state index in [9.17, 15) is 0 Å². The zero-order valence-electron chi connectivity index (χ0n) is 10.2. The van der Waals surface area contributed by atoms with Gasteiger partial charge in [-0.05, 0) is 30.5 Å². The molecule has 1 aromatic carbocycles. The first-order valence-corrected chi connectivity index (χ1v) is 6.19. The topological polar surface area (TPSA) is 50.9 Å². The average Bonchev–Trinajstić information content (AvgIpc) is 2.39. The lowest BCUT2D eigenvalue weighted by molar-refractivity contribution is 0.551. The van der Waals surface area contributed by atoms with Crippen LogP contribution in [0, 0.1) is 6.92 Å². The van der Waals surface area contributed by atoms with Crippen LogP contribution in [0.4, 0.5) is 0 Å². The van der Waals surface area contributed by atoms with Crippen molar-refractivity contribution in [3.05, 3.63) is 64.4 Å². The summed E-state index contributed by atoms with van der Waals surface area (Å²) in [7, 11) is 0. The minimum absolute atomic E-state index is 0.0109. The van der Waals surface area contributed by atoms with Crippen molar-refractivity contribution in [2.75, 3.05) is 0 Å². The molecule has 0 saturated heterocycles. The summed E-state index contributed by atoms with van der Waals surface area (Å²) in [6.45, 7) is 2.07. The molecule has 1 heterocycles. The zero-order chi connectivity index (χ0) is 13.0. The summed E-state index contributed by atoms with van der Waals surface area (Å²) in [6.07, 6.45) is 4.15. The van der Waals surface area contributed by atoms with Crippen molar-refractivity contribution in [3.63, 3.8) is 0 Å². The van der Waals surface area contributed by atoms with E-state index in [-0.39, 0.29) is 6.04 Å². The summed E-state index contributed by atoms with van der Waals surface area (Å²) < 4.78 is 0. The van der Waals surface area contributed by atoms with Gasteiger partial charge in [0.25, 0.3) is 0 Å². The van der Waals surface area contributed by atoms with E-state index in [0.717, 1.165) is 12.0 Å². The number of nitrogens with one attached hydrogen (secondary N) is 1. The van der Waals surface area contributed by atoms with Gasteiger partial charge in [-0.25, -0.2) is 0 Å². The Hall–Kier alpha value is -1.42. The molecule has 0 aliphatic rings. The minimum atomic E-state index is -0.0109. The van der Waals surface area contributed by atoms with Gasteiger partial charge in [0.05, 0.1) is 11.1 Å². The molecule has 3 N–H and O–H groups in total. The maximum atomic E-state index is 6.13. The van der Waals surface area contributed by atoms with Crippen molar-refractivity contribution < 1.29 is 0 Å². The van der Waals surface area contributed by atoms with Crippen LogP contribution in [-0.4, -0.2) is 4.98 Å². The molecule has 2 aromatic rings. The van der Waals surface area contributed by atoms with E-state index in [1.807, 2.05) is 6.07 Å². The number of aromatic nitrogens is 1. The number of hydrogen-bond acceptors (Lipinski definition) is 3. The molecule has 0 saturated carbocycles. The van der Waals surface area contributed by atoms with E-state index < -0.39 is 0 Å². The normalized spacial score (nSPS) is 12.4. The Kier molecular flexibility index (Phi) is 4.31. The summed E-state index contributed by atoms with van der Waals surface area (Å²) in [6, 6.07) is 10.3. The molecule has 94 valence electrons. The van der Waals surface area contributed by atoms with Crippen LogP contribution in [0.5, 0.6) is 0 Å². The lowest BCUT2D eigenvalue weighted by Gasteiger charge is -2.17. The Bertz CT molecular complexity index is 511. The molecule has 4 heteroatoms. The maximum Gasteiger partial charge on any atom is 0.0637 e. The summed E-state index contributed by atoms with van der Waals surface area (Å²) in [5.41, 5.74) is 6.24. The quantitative estimate of drug-likeness (QED) is 0.657. The van der Waals surface area contributed by atoms with Crippen LogP contribution in [-0.2, 0) is 6.42 Å². The maximum absolute atomic E-state index is 6.13. The highest BCUT2D eigenvalue weighted by Gasteiger charge is 2.13. The molecule has 0 bridgehead atoms. The van der Waals surface area contributed by atoms with Gasteiger partial charge in [-0.2, -0.15) is 0 Å². The third-order valence-corrected chi connectivity index (χ3v) is 3.26. The molecule has 3 nitrogen and oxygen atoms in total. The number of benzene rings is 1. The van der Waals surface area contributed by atoms with Crippen LogP contribution >= 0.6 is 11.6 Å². The van der Waals surface area contributed by atoms with Gasteiger partial charge >= 0.3 is 0 Å². The lowest BCUT2D eigenvalue weighted by Crippen LogP contribution is -2.29. The van der Waals surface area contributed by atoms with Gasteiger partial charge in [0.15, 0.2) is 0 Å². The molecule has 0 radical (unpaired) electrons. The molecule has 1 unspecified atom stereocenters. The smallest absolute Gasteiger partial charge is 0.0637 e. The first kappa shape index (κ1) is 13.0. The molecule has 0 aliphatic heterocycles. The molecule has 2 rings (SSSR count). The van der Waals surface area contributed by atoms with E-state index in [0.29, 0.717) is 5.02 Å². The predicted octanol–water partition coefficient (Wildman–Crippen LogP) is 2.79. The minimum Gasteiger partial charge on any atom is -0.271 e. The number of nitrogens with two attached hydrogens (primary N) is 1. The van der Waals surface area contributed by atoms with Gasteiger partial charge in [-0.3, -0.25) is 16.3 Å². The fourth-order valence-corrected chi connectivity index (χ4v) is 2.14. The first-order valence-electron chi connectivity index (χ1n) is 5.82. The van der Waals surface area contributed by atoms with E-state index in [4.69, 9.17) is 17.4 Å². The molecular formula is C14H16ClN3. The number of hydrogen-bond donors (Lipinski definition) is 2. The Labute approximate surface area is 112 Å². The summed E-state index contributed by atoms with van der Waals surface area (Å²) in [4.78, 5) is 3.98. The number of pyridine rings is 1. The van der Waals surface area contributed by atoms with Crippen LogP contribution in [0.2, 0.25) is 5.02 Å². The van der Waals surface area contributed by atoms with E-state index >= 15 is 0 Å². The Morgan fingerprint density at radius 1 is 1.28 bits per heavy atom. The van der Waals surface area contributed by atoms with Crippen molar-refractivity contribution in [1.82, 2.24) is 10.4 Å². The Balaban J connectivity index is 2.20. The second-order valence-electron chi connectivity index (χ2n) is 4.31. The fraction of sp³-hybridized carbons (Fsp3) is 0.214. The summed E-state index contributed by atoms with van der Waals surface area (Å²) in [5, 5.41) is 0.632. The number of rotatable bonds is 4.